The number of aliphatic hydroxyl groups excluding tert-OH is 7. The van der Waals surface area contributed by atoms with Crippen LogP contribution in [0.2, 0.25) is 0 Å². The van der Waals surface area contributed by atoms with E-state index in [1.807, 2.05) is 0 Å². The summed E-state index contributed by atoms with van der Waals surface area (Å²) < 4.78 is 14.4. The Bertz CT molecular complexity index is 381. The van der Waals surface area contributed by atoms with Crippen molar-refractivity contribution in [2.75, 3.05) is 13.2 Å². The highest BCUT2D eigenvalue weighted by atomic mass is 16.8. The molecular weight excluding hydrogens is 308 g/mol. The Kier molecular flexibility index (Phi) is 5.36. The van der Waals surface area contributed by atoms with Crippen molar-refractivity contribution in [2.45, 2.75) is 55.0 Å². The molecule has 0 aliphatic carbocycles. The first-order valence-electron chi connectivity index (χ1n) is 6.60. The summed E-state index contributed by atoms with van der Waals surface area (Å²) in [6.07, 6.45) is -13.7. The highest BCUT2D eigenvalue weighted by molar-refractivity contribution is 4.93. The zero-order valence-electron chi connectivity index (χ0n) is 11.3. The zero-order valence-corrected chi connectivity index (χ0v) is 11.3. The lowest BCUT2D eigenvalue weighted by atomic mass is 9.98. The van der Waals surface area contributed by atoms with Crippen molar-refractivity contribution in [3.8, 4) is 0 Å². The third kappa shape index (κ3) is 3.11. The SMILES string of the molecule is OC[C@H]1OC(O)[C@H](OC2(O)OC[C@@H](O)[C@H](O)[C@H]2O)[C@@H](O)[C@@H]1O. The second-order valence-electron chi connectivity index (χ2n) is 5.26. The molecule has 11 heteroatoms. The fraction of sp³-hybridized carbons (Fsp3) is 1.00. The fourth-order valence-electron chi connectivity index (χ4n) is 2.31. The monoisotopic (exact) mass is 328 g/mol. The van der Waals surface area contributed by atoms with Crippen molar-refractivity contribution in [2.24, 2.45) is 0 Å². The van der Waals surface area contributed by atoms with E-state index in [1.165, 1.54) is 0 Å². The van der Waals surface area contributed by atoms with E-state index in [0.29, 0.717) is 0 Å². The summed E-state index contributed by atoms with van der Waals surface area (Å²) in [7, 11) is 0. The number of aliphatic hydroxyl groups is 8. The second kappa shape index (κ2) is 6.59. The summed E-state index contributed by atoms with van der Waals surface area (Å²) >= 11 is 0. The van der Waals surface area contributed by atoms with Gasteiger partial charge in [-0.2, -0.15) is 0 Å². The highest BCUT2D eigenvalue weighted by Gasteiger charge is 2.55. The van der Waals surface area contributed by atoms with Gasteiger partial charge >= 0.3 is 5.97 Å². The van der Waals surface area contributed by atoms with E-state index in [1.54, 1.807) is 0 Å². The van der Waals surface area contributed by atoms with Crippen molar-refractivity contribution < 1.29 is 55.1 Å². The molecule has 2 rings (SSSR count). The Morgan fingerprint density at radius 1 is 1.00 bits per heavy atom. The predicted molar refractivity (Wildman–Crippen MR) is 63.8 cm³/mol. The summed E-state index contributed by atoms with van der Waals surface area (Å²) in [5.74, 6) is -2.85. The summed E-state index contributed by atoms with van der Waals surface area (Å²) in [6, 6.07) is 0. The summed E-state index contributed by atoms with van der Waals surface area (Å²) in [5.41, 5.74) is 0. The molecule has 0 amide bonds. The van der Waals surface area contributed by atoms with Crippen molar-refractivity contribution in [1.82, 2.24) is 0 Å². The maximum absolute atomic E-state index is 10.1. The molecule has 0 aromatic rings. The molecule has 11 nitrogen and oxygen atoms in total. The molecule has 0 saturated carbocycles. The van der Waals surface area contributed by atoms with Gasteiger partial charge in [0.1, 0.15) is 36.6 Å². The van der Waals surface area contributed by atoms with Gasteiger partial charge < -0.3 is 55.1 Å². The molecule has 0 aromatic heterocycles. The molecule has 0 bridgehead atoms. The predicted octanol–water partition coefficient (Wildman–Crippen LogP) is -5.44. The normalized spacial score (nSPS) is 53.5. The molecule has 0 aromatic carbocycles. The van der Waals surface area contributed by atoms with E-state index in [4.69, 9.17) is 19.3 Å². The average Bonchev–Trinajstić information content (AvgIpc) is 2.49. The van der Waals surface area contributed by atoms with Gasteiger partial charge in [-0.1, -0.05) is 0 Å². The number of hydrogen-bond donors (Lipinski definition) is 8. The fourth-order valence-corrected chi connectivity index (χ4v) is 2.31. The van der Waals surface area contributed by atoms with Crippen molar-refractivity contribution in [3.05, 3.63) is 0 Å². The third-order valence-electron chi connectivity index (χ3n) is 3.70. The largest absolute Gasteiger partial charge is 0.394 e. The molecule has 0 radical (unpaired) electrons. The Balaban J connectivity index is 2.11. The summed E-state index contributed by atoms with van der Waals surface area (Å²) in [5, 5.41) is 76.8. The summed E-state index contributed by atoms with van der Waals surface area (Å²) in [4.78, 5) is 0. The van der Waals surface area contributed by atoms with Crippen LogP contribution in [0.4, 0.5) is 0 Å². The lowest BCUT2D eigenvalue weighted by Crippen LogP contribution is -2.67. The van der Waals surface area contributed by atoms with E-state index < -0.39 is 68.2 Å². The van der Waals surface area contributed by atoms with Crippen LogP contribution in [0.5, 0.6) is 0 Å². The van der Waals surface area contributed by atoms with Crippen molar-refractivity contribution in [3.63, 3.8) is 0 Å². The van der Waals surface area contributed by atoms with Crippen LogP contribution in [0, 0.1) is 0 Å². The maximum Gasteiger partial charge on any atom is 0.311 e. The van der Waals surface area contributed by atoms with E-state index in [-0.39, 0.29) is 0 Å². The van der Waals surface area contributed by atoms with Gasteiger partial charge in [-0.05, 0) is 0 Å². The first-order chi connectivity index (χ1) is 10.2. The van der Waals surface area contributed by atoms with Crippen LogP contribution in [-0.4, -0.2) is 109 Å². The van der Waals surface area contributed by atoms with Crippen molar-refractivity contribution in [1.29, 1.82) is 0 Å². The van der Waals surface area contributed by atoms with Crippen LogP contribution in [0.15, 0.2) is 0 Å². The van der Waals surface area contributed by atoms with Gasteiger partial charge in [-0.15, -0.1) is 0 Å². The molecule has 22 heavy (non-hydrogen) atoms. The van der Waals surface area contributed by atoms with Crippen LogP contribution in [0.25, 0.3) is 0 Å². The molecule has 0 spiro atoms. The number of rotatable bonds is 3. The Labute approximate surface area is 124 Å². The van der Waals surface area contributed by atoms with Gasteiger partial charge in [-0.3, -0.25) is 0 Å². The van der Waals surface area contributed by atoms with Crippen molar-refractivity contribution >= 4 is 0 Å². The minimum atomic E-state index is -2.85. The number of hydrogen-bond acceptors (Lipinski definition) is 11. The first-order valence-corrected chi connectivity index (χ1v) is 6.60. The molecule has 2 saturated heterocycles. The third-order valence-corrected chi connectivity index (χ3v) is 3.70. The average molecular weight is 328 g/mol. The molecule has 2 unspecified atom stereocenters. The molecule has 2 aliphatic heterocycles. The van der Waals surface area contributed by atoms with Crippen LogP contribution >= 0.6 is 0 Å². The van der Waals surface area contributed by atoms with E-state index in [0.717, 1.165) is 0 Å². The zero-order chi connectivity index (χ0) is 16.7. The minimum Gasteiger partial charge on any atom is -0.394 e. The van der Waals surface area contributed by atoms with E-state index in [9.17, 15) is 35.7 Å². The molecule has 130 valence electrons. The van der Waals surface area contributed by atoms with Crippen LogP contribution in [0.3, 0.4) is 0 Å². The quantitative estimate of drug-likeness (QED) is 0.231. The Morgan fingerprint density at radius 2 is 1.64 bits per heavy atom. The van der Waals surface area contributed by atoms with Gasteiger partial charge in [0.2, 0.25) is 0 Å². The Hall–Kier alpha value is -0.440. The molecule has 8 N–H and O–H groups in total. The Morgan fingerprint density at radius 3 is 2.23 bits per heavy atom. The van der Waals surface area contributed by atoms with Crippen LogP contribution < -0.4 is 0 Å². The van der Waals surface area contributed by atoms with Gasteiger partial charge in [0.15, 0.2) is 12.4 Å². The topological polar surface area (TPSA) is 190 Å². The number of ether oxygens (including phenoxy) is 3. The van der Waals surface area contributed by atoms with Gasteiger partial charge in [0, 0.05) is 0 Å². The minimum absolute atomic E-state index is 0.587. The van der Waals surface area contributed by atoms with Gasteiger partial charge in [0.25, 0.3) is 0 Å². The molecular formula is C11H20O11. The molecule has 2 heterocycles. The standard InChI is InChI=1S/C11H20O11/c12-1-4-6(15)7(16)8(10(18)21-4)22-11(19)9(17)5(14)3(13)2-20-11/h3-10,12-19H,1-2H2/t3-,4-,5+,6-,7+,8-,9-,10?,11?/m1/s1. The van der Waals surface area contributed by atoms with Crippen LogP contribution in [-0.2, 0) is 14.2 Å². The van der Waals surface area contributed by atoms with E-state index in [2.05, 4.69) is 0 Å². The molecule has 2 fully saturated rings. The maximum atomic E-state index is 10.1. The van der Waals surface area contributed by atoms with E-state index >= 15 is 0 Å². The summed E-state index contributed by atoms with van der Waals surface area (Å²) in [6.45, 7) is -1.27. The van der Waals surface area contributed by atoms with Crippen LogP contribution in [0.1, 0.15) is 0 Å². The molecule has 2 aliphatic rings. The first kappa shape index (κ1) is 17.9. The lowest BCUT2D eigenvalue weighted by Gasteiger charge is -2.46. The van der Waals surface area contributed by atoms with Gasteiger partial charge in [0.05, 0.1) is 13.2 Å². The lowest BCUT2D eigenvalue weighted by molar-refractivity contribution is -0.463. The second-order valence-corrected chi connectivity index (χ2v) is 5.26. The highest BCUT2D eigenvalue weighted by Crippen LogP contribution is 2.31. The molecule has 9 atom stereocenters. The smallest absolute Gasteiger partial charge is 0.311 e. The van der Waals surface area contributed by atoms with Gasteiger partial charge in [-0.25, -0.2) is 0 Å².